The molecule has 1 heterocycles. The zero-order valence-corrected chi connectivity index (χ0v) is 10.8. The molecule has 0 unspecified atom stereocenters. The van der Waals surface area contributed by atoms with Gasteiger partial charge in [0.15, 0.2) is 0 Å². The standard InChI is InChI=1S/C14H10F3NO3/c1-8-12(3-2-6-18-8)21-9-4-5-10(13(19)20)11(7-9)14(15,16)17/h2-7H,1H3,(H,19,20). The van der Waals surface area contributed by atoms with Crippen LogP contribution in [-0.2, 0) is 6.18 Å². The highest BCUT2D eigenvalue weighted by Crippen LogP contribution is 2.35. The smallest absolute Gasteiger partial charge is 0.417 e. The van der Waals surface area contributed by atoms with Crippen molar-refractivity contribution in [3.63, 3.8) is 0 Å². The molecule has 1 aromatic heterocycles. The maximum atomic E-state index is 12.9. The molecule has 2 aromatic rings. The number of pyridine rings is 1. The first kappa shape index (κ1) is 14.8. The molecular weight excluding hydrogens is 287 g/mol. The minimum Gasteiger partial charge on any atom is -0.478 e. The van der Waals surface area contributed by atoms with Gasteiger partial charge in [0.2, 0.25) is 0 Å². The summed E-state index contributed by atoms with van der Waals surface area (Å²) >= 11 is 0. The third-order valence-corrected chi connectivity index (χ3v) is 2.71. The van der Waals surface area contributed by atoms with E-state index < -0.39 is 23.3 Å². The van der Waals surface area contributed by atoms with Crippen molar-refractivity contribution >= 4 is 5.97 Å². The van der Waals surface area contributed by atoms with E-state index in [2.05, 4.69) is 4.98 Å². The molecule has 21 heavy (non-hydrogen) atoms. The number of carboxylic acid groups (broad SMARTS) is 1. The molecule has 0 saturated carbocycles. The van der Waals surface area contributed by atoms with Gasteiger partial charge in [-0.05, 0) is 37.3 Å². The normalized spacial score (nSPS) is 11.2. The number of alkyl halides is 3. The first-order valence-electron chi connectivity index (χ1n) is 5.83. The average molecular weight is 297 g/mol. The van der Waals surface area contributed by atoms with E-state index in [4.69, 9.17) is 9.84 Å². The van der Waals surface area contributed by atoms with Crippen molar-refractivity contribution in [1.29, 1.82) is 0 Å². The van der Waals surface area contributed by atoms with Crippen molar-refractivity contribution in [1.82, 2.24) is 4.98 Å². The van der Waals surface area contributed by atoms with Gasteiger partial charge in [-0.3, -0.25) is 4.98 Å². The lowest BCUT2D eigenvalue weighted by Crippen LogP contribution is -2.12. The molecule has 0 spiro atoms. The maximum absolute atomic E-state index is 12.9. The second kappa shape index (κ2) is 5.43. The van der Waals surface area contributed by atoms with Gasteiger partial charge in [-0.25, -0.2) is 4.79 Å². The Morgan fingerprint density at radius 1 is 1.29 bits per heavy atom. The van der Waals surface area contributed by atoms with E-state index in [9.17, 15) is 18.0 Å². The maximum Gasteiger partial charge on any atom is 0.417 e. The highest BCUT2D eigenvalue weighted by Gasteiger charge is 2.35. The summed E-state index contributed by atoms with van der Waals surface area (Å²) in [6.45, 7) is 1.64. The molecule has 2 rings (SSSR count). The second-order valence-corrected chi connectivity index (χ2v) is 4.20. The van der Waals surface area contributed by atoms with Gasteiger partial charge in [0, 0.05) is 6.20 Å². The lowest BCUT2D eigenvalue weighted by atomic mass is 10.1. The molecule has 0 fully saturated rings. The van der Waals surface area contributed by atoms with E-state index in [0.717, 1.165) is 6.07 Å². The predicted molar refractivity (Wildman–Crippen MR) is 67.5 cm³/mol. The summed E-state index contributed by atoms with van der Waals surface area (Å²) in [5, 5.41) is 8.80. The van der Waals surface area contributed by atoms with Crippen LogP contribution in [0.5, 0.6) is 11.5 Å². The van der Waals surface area contributed by atoms with Crippen LogP contribution in [0.15, 0.2) is 36.5 Å². The number of hydrogen-bond acceptors (Lipinski definition) is 3. The number of aromatic carboxylic acids is 1. The molecule has 7 heteroatoms. The van der Waals surface area contributed by atoms with E-state index in [1.54, 1.807) is 19.1 Å². The number of carboxylic acids is 1. The Balaban J connectivity index is 2.43. The van der Waals surface area contributed by atoms with Crippen LogP contribution in [0.3, 0.4) is 0 Å². The van der Waals surface area contributed by atoms with Crippen LogP contribution in [0.1, 0.15) is 21.6 Å². The van der Waals surface area contributed by atoms with Crippen molar-refractivity contribution in [2.75, 3.05) is 0 Å². The van der Waals surface area contributed by atoms with Gasteiger partial charge in [-0.2, -0.15) is 13.2 Å². The van der Waals surface area contributed by atoms with Crippen molar-refractivity contribution in [3.8, 4) is 11.5 Å². The van der Waals surface area contributed by atoms with Crippen LogP contribution in [0, 0.1) is 6.92 Å². The number of aromatic nitrogens is 1. The van der Waals surface area contributed by atoms with E-state index in [-0.39, 0.29) is 5.75 Å². The summed E-state index contributed by atoms with van der Waals surface area (Å²) in [5.74, 6) is -1.46. The molecule has 0 radical (unpaired) electrons. The minimum absolute atomic E-state index is 0.108. The quantitative estimate of drug-likeness (QED) is 0.933. The van der Waals surface area contributed by atoms with Crippen molar-refractivity contribution in [3.05, 3.63) is 53.3 Å². The van der Waals surface area contributed by atoms with E-state index in [0.29, 0.717) is 17.5 Å². The van der Waals surface area contributed by atoms with Gasteiger partial charge in [-0.1, -0.05) is 0 Å². The monoisotopic (exact) mass is 297 g/mol. The summed E-state index contributed by atoms with van der Waals surface area (Å²) in [7, 11) is 0. The van der Waals surface area contributed by atoms with Crippen LogP contribution < -0.4 is 4.74 Å². The molecule has 0 saturated heterocycles. The first-order valence-corrected chi connectivity index (χ1v) is 5.83. The molecule has 0 bridgehead atoms. The Morgan fingerprint density at radius 3 is 2.57 bits per heavy atom. The number of hydrogen-bond donors (Lipinski definition) is 1. The summed E-state index contributed by atoms with van der Waals surface area (Å²) < 4.78 is 44.0. The third kappa shape index (κ3) is 3.31. The van der Waals surface area contributed by atoms with E-state index in [1.807, 2.05) is 0 Å². The SMILES string of the molecule is Cc1ncccc1Oc1ccc(C(=O)O)c(C(F)(F)F)c1. The Morgan fingerprint density at radius 2 is 2.00 bits per heavy atom. The number of benzene rings is 1. The van der Waals surface area contributed by atoms with Crippen molar-refractivity contribution in [2.24, 2.45) is 0 Å². The molecule has 1 aromatic carbocycles. The van der Waals surface area contributed by atoms with Crippen molar-refractivity contribution in [2.45, 2.75) is 13.1 Å². The fourth-order valence-corrected chi connectivity index (χ4v) is 1.71. The zero-order chi connectivity index (χ0) is 15.6. The number of ether oxygens (including phenoxy) is 1. The fraction of sp³-hybridized carbons (Fsp3) is 0.143. The van der Waals surface area contributed by atoms with Gasteiger partial charge in [0.1, 0.15) is 11.5 Å². The van der Waals surface area contributed by atoms with Crippen LogP contribution in [-0.4, -0.2) is 16.1 Å². The van der Waals surface area contributed by atoms with Gasteiger partial charge < -0.3 is 9.84 Å². The number of nitrogens with zero attached hydrogens (tertiary/aromatic N) is 1. The average Bonchev–Trinajstić information content (AvgIpc) is 2.40. The Kier molecular flexibility index (Phi) is 3.84. The third-order valence-electron chi connectivity index (χ3n) is 2.71. The molecular formula is C14H10F3NO3. The highest BCUT2D eigenvalue weighted by atomic mass is 19.4. The molecule has 110 valence electrons. The Labute approximate surface area is 117 Å². The van der Waals surface area contributed by atoms with E-state index >= 15 is 0 Å². The summed E-state index contributed by atoms with van der Waals surface area (Å²) in [5.41, 5.74) is -1.57. The first-order chi connectivity index (χ1) is 9.79. The molecule has 0 aliphatic carbocycles. The number of aryl methyl sites for hydroxylation is 1. The van der Waals surface area contributed by atoms with Crippen molar-refractivity contribution < 1.29 is 27.8 Å². The predicted octanol–water partition coefficient (Wildman–Crippen LogP) is 3.90. The van der Waals surface area contributed by atoms with Gasteiger partial charge >= 0.3 is 12.1 Å². The number of carbonyl (C=O) groups is 1. The highest BCUT2D eigenvalue weighted by molar-refractivity contribution is 5.89. The Hall–Kier alpha value is -2.57. The summed E-state index contributed by atoms with van der Waals surface area (Å²) in [6.07, 6.45) is -3.26. The fourth-order valence-electron chi connectivity index (χ4n) is 1.71. The molecule has 0 aliphatic heterocycles. The largest absolute Gasteiger partial charge is 0.478 e. The topological polar surface area (TPSA) is 59.4 Å². The van der Waals surface area contributed by atoms with Crippen LogP contribution in [0.4, 0.5) is 13.2 Å². The summed E-state index contributed by atoms with van der Waals surface area (Å²) in [6, 6.07) is 5.84. The lowest BCUT2D eigenvalue weighted by Gasteiger charge is -2.13. The van der Waals surface area contributed by atoms with E-state index in [1.165, 1.54) is 12.3 Å². The zero-order valence-electron chi connectivity index (χ0n) is 10.8. The van der Waals surface area contributed by atoms with Crippen LogP contribution >= 0.6 is 0 Å². The van der Waals surface area contributed by atoms with Crippen LogP contribution in [0.2, 0.25) is 0 Å². The van der Waals surface area contributed by atoms with Gasteiger partial charge in [0.25, 0.3) is 0 Å². The number of halogens is 3. The Bertz CT molecular complexity index is 683. The van der Waals surface area contributed by atoms with Crippen LogP contribution in [0.25, 0.3) is 0 Å². The van der Waals surface area contributed by atoms with Gasteiger partial charge in [0.05, 0.1) is 16.8 Å². The number of rotatable bonds is 3. The molecule has 4 nitrogen and oxygen atoms in total. The second-order valence-electron chi connectivity index (χ2n) is 4.20. The summed E-state index contributed by atoms with van der Waals surface area (Å²) in [4.78, 5) is 14.8. The molecule has 0 atom stereocenters. The lowest BCUT2D eigenvalue weighted by molar-refractivity contribution is -0.138. The van der Waals surface area contributed by atoms with Gasteiger partial charge in [-0.15, -0.1) is 0 Å². The molecule has 1 N–H and O–H groups in total. The molecule has 0 amide bonds. The molecule has 0 aliphatic rings. The minimum atomic E-state index is -4.78.